The number of hydrogen-bond donors (Lipinski definition) is 0. The zero-order valence-electron chi connectivity index (χ0n) is 8.93. The molecule has 1 rings (SSSR count). The molecule has 1 fully saturated rings. The summed E-state index contributed by atoms with van der Waals surface area (Å²) in [4.78, 5) is 11.5. The minimum Gasteiger partial charge on any atom is -0.368 e. The molecule has 76 valence electrons. The molecule has 0 aromatic carbocycles. The van der Waals surface area contributed by atoms with E-state index in [4.69, 9.17) is 4.74 Å². The van der Waals surface area contributed by atoms with E-state index in [2.05, 4.69) is 6.92 Å². The third-order valence-corrected chi connectivity index (χ3v) is 3.02. The topological polar surface area (TPSA) is 26.3 Å². The monoisotopic (exact) mass is 184 g/mol. The second-order valence-electron chi connectivity index (χ2n) is 4.19. The summed E-state index contributed by atoms with van der Waals surface area (Å²) in [7, 11) is 0. The SMILES string of the molecule is CCOC1(C(C)=O)CCCC(C)C1. The number of carbonyl (C=O) groups is 1. The highest BCUT2D eigenvalue weighted by molar-refractivity contribution is 5.85. The number of rotatable bonds is 3. The molecule has 0 aromatic rings. The minimum atomic E-state index is -0.438. The van der Waals surface area contributed by atoms with E-state index in [-0.39, 0.29) is 5.78 Å². The quantitative estimate of drug-likeness (QED) is 0.673. The van der Waals surface area contributed by atoms with Crippen LogP contribution in [-0.4, -0.2) is 18.0 Å². The molecular weight excluding hydrogens is 164 g/mol. The van der Waals surface area contributed by atoms with Crippen LogP contribution in [0.5, 0.6) is 0 Å². The summed E-state index contributed by atoms with van der Waals surface area (Å²) in [6, 6.07) is 0. The Morgan fingerprint density at radius 1 is 1.62 bits per heavy atom. The first-order chi connectivity index (χ1) is 6.10. The maximum absolute atomic E-state index is 11.5. The Bertz CT molecular complexity index is 185. The molecule has 0 saturated heterocycles. The normalized spacial score (nSPS) is 34.5. The molecule has 13 heavy (non-hydrogen) atoms. The highest BCUT2D eigenvalue weighted by Crippen LogP contribution is 2.35. The maximum atomic E-state index is 11.5. The Morgan fingerprint density at radius 3 is 2.77 bits per heavy atom. The Hall–Kier alpha value is -0.370. The van der Waals surface area contributed by atoms with Crippen LogP contribution < -0.4 is 0 Å². The van der Waals surface area contributed by atoms with Crippen molar-refractivity contribution in [1.29, 1.82) is 0 Å². The molecule has 2 atom stereocenters. The fourth-order valence-corrected chi connectivity index (χ4v) is 2.33. The van der Waals surface area contributed by atoms with Crippen LogP contribution in [0.15, 0.2) is 0 Å². The van der Waals surface area contributed by atoms with E-state index < -0.39 is 5.60 Å². The highest BCUT2D eigenvalue weighted by atomic mass is 16.5. The second-order valence-corrected chi connectivity index (χ2v) is 4.19. The molecule has 1 saturated carbocycles. The summed E-state index contributed by atoms with van der Waals surface area (Å²) in [6.45, 7) is 6.47. The van der Waals surface area contributed by atoms with Gasteiger partial charge in [-0.2, -0.15) is 0 Å². The van der Waals surface area contributed by atoms with Gasteiger partial charge in [0.05, 0.1) is 0 Å². The molecule has 0 amide bonds. The fraction of sp³-hybridized carbons (Fsp3) is 0.909. The average molecular weight is 184 g/mol. The zero-order valence-corrected chi connectivity index (χ0v) is 8.93. The van der Waals surface area contributed by atoms with Crippen LogP contribution in [0.3, 0.4) is 0 Å². The van der Waals surface area contributed by atoms with Crippen molar-refractivity contribution in [3.63, 3.8) is 0 Å². The Morgan fingerprint density at radius 2 is 2.31 bits per heavy atom. The minimum absolute atomic E-state index is 0.209. The van der Waals surface area contributed by atoms with Crippen molar-refractivity contribution in [3.05, 3.63) is 0 Å². The van der Waals surface area contributed by atoms with Crippen molar-refractivity contribution in [1.82, 2.24) is 0 Å². The van der Waals surface area contributed by atoms with Crippen LogP contribution in [0.25, 0.3) is 0 Å². The highest BCUT2D eigenvalue weighted by Gasteiger charge is 2.39. The van der Waals surface area contributed by atoms with Crippen LogP contribution in [0, 0.1) is 5.92 Å². The van der Waals surface area contributed by atoms with Crippen LogP contribution in [0.2, 0.25) is 0 Å². The average Bonchev–Trinajstić information content (AvgIpc) is 2.04. The summed E-state index contributed by atoms with van der Waals surface area (Å²) in [5.41, 5.74) is -0.438. The van der Waals surface area contributed by atoms with E-state index >= 15 is 0 Å². The van der Waals surface area contributed by atoms with Gasteiger partial charge in [-0.3, -0.25) is 4.79 Å². The first-order valence-corrected chi connectivity index (χ1v) is 5.25. The molecule has 0 spiro atoms. The molecule has 0 aromatic heterocycles. The first kappa shape index (κ1) is 10.7. The molecule has 2 unspecified atom stereocenters. The predicted molar refractivity (Wildman–Crippen MR) is 52.7 cm³/mol. The van der Waals surface area contributed by atoms with Crippen LogP contribution in [0.1, 0.15) is 46.5 Å². The number of carbonyl (C=O) groups excluding carboxylic acids is 1. The number of hydrogen-bond acceptors (Lipinski definition) is 2. The van der Waals surface area contributed by atoms with Crippen molar-refractivity contribution in [2.45, 2.75) is 52.1 Å². The molecule has 0 bridgehead atoms. The van der Waals surface area contributed by atoms with Crippen LogP contribution in [0.4, 0.5) is 0 Å². The Balaban J connectivity index is 2.70. The van der Waals surface area contributed by atoms with Gasteiger partial charge in [0, 0.05) is 6.61 Å². The lowest BCUT2D eigenvalue weighted by molar-refractivity contribution is -0.148. The van der Waals surface area contributed by atoms with Gasteiger partial charge < -0.3 is 4.74 Å². The summed E-state index contributed by atoms with van der Waals surface area (Å²) < 4.78 is 5.65. The molecule has 2 nitrogen and oxygen atoms in total. The standard InChI is InChI=1S/C11H20O2/c1-4-13-11(10(3)12)7-5-6-9(2)8-11/h9H,4-8H2,1-3H3. The van der Waals surface area contributed by atoms with E-state index in [9.17, 15) is 4.79 Å². The smallest absolute Gasteiger partial charge is 0.161 e. The van der Waals surface area contributed by atoms with Crippen molar-refractivity contribution in [3.8, 4) is 0 Å². The van der Waals surface area contributed by atoms with Gasteiger partial charge in [0.15, 0.2) is 5.78 Å². The van der Waals surface area contributed by atoms with Crippen LogP contribution >= 0.6 is 0 Å². The molecule has 1 aliphatic carbocycles. The first-order valence-electron chi connectivity index (χ1n) is 5.25. The molecule has 0 aliphatic heterocycles. The van der Waals surface area contributed by atoms with E-state index in [1.54, 1.807) is 6.92 Å². The van der Waals surface area contributed by atoms with Crippen molar-refractivity contribution < 1.29 is 9.53 Å². The van der Waals surface area contributed by atoms with Gasteiger partial charge in [0.25, 0.3) is 0 Å². The molecule has 0 radical (unpaired) electrons. The lowest BCUT2D eigenvalue weighted by atomic mass is 9.76. The van der Waals surface area contributed by atoms with E-state index in [1.807, 2.05) is 6.92 Å². The van der Waals surface area contributed by atoms with Gasteiger partial charge in [-0.15, -0.1) is 0 Å². The lowest BCUT2D eigenvalue weighted by Gasteiger charge is -2.37. The summed E-state index contributed by atoms with van der Waals surface area (Å²) in [5, 5.41) is 0. The predicted octanol–water partition coefficient (Wildman–Crippen LogP) is 2.56. The van der Waals surface area contributed by atoms with E-state index in [0.717, 1.165) is 19.3 Å². The van der Waals surface area contributed by atoms with Gasteiger partial charge in [-0.25, -0.2) is 0 Å². The van der Waals surface area contributed by atoms with Gasteiger partial charge in [-0.05, 0) is 39.0 Å². The van der Waals surface area contributed by atoms with Crippen molar-refractivity contribution in [2.75, 3.05) is 6.61 Å². The van der Waals surface area contributed by atoms with Gasteiger partial charge in [0.1, 0.15) is 5.60 Å². The van der Waals surface area contributed by atoms with Gasteiger partial charge in [0.2, 0.25) is 0 Å². The maximum Gasteiger partial charge on any atom is 0.161 e. The molecule has 2 heteroatoms. The molecule has 0 N–H and O–H groups in total. The third-order valence-electron chi connectivity index (χ3n) is 3.02. The zero-order chi connectivity index (χ0) is 9.90. The molecule has 0 heterocycles. The molecule has 1 aliphatic rings. The third kappa shape index (κ3) is 2.31. The Labute approximate surface area is 80.7 Å². The summed E-state index contributed by atoms with van der Waals surface area (Å²) in [6.07, 6.45) is 4.19. The molecular formula is C11H20O2. The lowest BCUT2D eigenvalue weighted by Crippen LogP contribution is -2.44. The van der Waals surface area contributed by atoms with Gasteiger partial charge >= 0.3 is 0 Å². The van der Waals surface area contributed by atoms with Crippen molar-refractivity contribution in [2.24, 2.45) is 5.92 Å². The Kier molecular flexibility index (Phi) is 3.48. The summed E-state index contributed by atoms with van der Waals surface area (Å²) >= 11 is 0. The van der Waals surface area contributed by atoms with E-state index in [1.165, 1.54) is 6.42 Å². The summed E-state index contributed by atoms with van der Waals surface area (Å²) in [5.74, 6) is 0.838. The fourth-order valence-electron chi connectivity index (χ4n) is 2.33. The van der Waals surface area contributed by atoms with Gasteiger partial charge in [-0.1, -0.05) is 13.3 Å². The van der Waals surface area contributed by atoms with Crippen LogP contribution in [-0.2, 0) is 9.53 Å². The van der Waals surface area contributed by atoms with E-state index in [0.29, 0.717) is 12.5 Å². The number of Topliss-reactive ketones (excluding diaryl/α,β-unsaturated/α-hetero) is 1. The van der Waals surface area contributed by atoms with Crippen molar-refractivity contribution >= 4 is 5.78 Å². The number of ether oxygens (including phenoxy) is 1. The second kappa shape index (κ2) is 4.23. The largest absolute Gasteiger partial charge is 0.368 e. The number of ketones is 1.